The molecule has 1 saturated heterocycles. The van der Waals surface area contributed by atoms with E-state index in [1.165, 1.54) is 16.4 Å². The number of rotatable bonds is 4. The summed E-state index contributed by atoms with van der Waals surface area (Å²) in [7, 11) is -2.20. The number of ether oxygens (including phenoxy) is 1. The van der Waals surface area contributed by atoms with Gasteiger partial charge in [0.1, 0.15) is 0 Å². The lowest BCUT2D eigenvalue weighted by Crippen LogP contribution is -2.30. The maximum absolute atomic E-state index is 12.7. The van der Waals surface area contributed by atoms with E-state index in [1.807, 2.05) is 0 Å². The van der Waals surface area contributed by atoms with Gasteiger partial charge in [-0.1, -0.05) is 0 Å². The number of methoxy groups -OCH3 is 1. The molecule has 1 aliphatic heterocycles. The summed E-state index contributed by atoms with van der Waals surface area (Å²) < 4.78 is 32.3. The number of aromatic carboxylic acids is 1. The third-order valence-electron chi connectivity index (χ3n) is 3.53. The Labute approximate surface area is 131 Å². The SMILES string of the molecule is COC1CCN(S(=O)(=O)c2cc(C(=O)O)cc(C)c2Br)C1. The molecule has 1 heterocycles. The Hall–Kier alpha value is -0.960. The van der Waals surface area contributed by atoms with E-state index in [1.54, 1.807) is 14.0 Å². The third-order valence-corrected chi connectivity index (χ3v) is 6.73. The number of carbonyl (C=O) groups is 1. The first-order chi connectivity index (χ1) is 9.77. The van der Waals surface area contributed by atoms with Crippen molar-refractivity contribution in [3.63, 3.8) is 0 Å². The van der Waals surface area contributed by atoms with Crippen molar-refractivity contribution in [1.82, 2.24) is 4.31 Å². The average molecular weight is 378 g/mol. The number of carboxylic acid groups (broad SMARTS) is 1. The summed E-state index contributed by atoms with van der Waals surface area (Å²) in [6.07, 6.45) is 0.507. The predicted molar refractivity (Wildman–Crippen MR) is 80.0 cm³/mol. The van der Waals surface area contributed by atoms with E-state index in [9.17, 15) is 13.2 Å². The fraction of sp³-hybridized carbons (Fsp3) is 0.462. The van der Waals surface area contributed by atoms with Crippen molar-refractivity contribution in [2.75, 3.05) is 20.2 Å². The summed E-state index contributed by atoms with van der Waals surface area (Å²) in [5, 5.41) is 9.09. The molecular formula is C13H16BrNO5S. The van der Waals surface area contributed by atoms with Crippen LogP contribution in [0.25, 0.3) is 0 Å². The Balaban J connectivity index is 2.47. The van der Waals surface area contributed by atoms with Gasteiger partial charge in [0.15, 0.2) is 0 Å². The molecular weight excluding hydrogens is 362 g/mol. The van der Waals surface area contributed by atoms with Crippen molar-refractivity contribution in [3.8, 4) is 0 Å². The number of halogens is 1. The van der Waals surface area contributed by atoms with Crippen LogP contribution in [0.1, 0.15) is 22.3 Å². The highest BCUT2D eigenvalue weighted by molar-refractivity contribution is 9.10. The van der Waals surface area contributed by atoms with Crippen LogP contribution in [0.4, 0.5) is 0 Å². The minimum absolute atomic E-state index is 0.0170. The normalized spacial score (nSPS) is 19.9. The second kappa shape index (κ2) is 6.04. The minimum atomic E-state index is -3.75. The van der Waals surface area contributed by atoms with Crippen LogP contribution in [-0.2, 0) is 14.8 Å². The van der Waals surface area contributed by atoms with Crippen molar-refractivity contribution in [2.24, 2.45) is 0 Å². The monoisotopic (exact) mass is 377 g/mol. The molecule has 0 radical (unpaired) electrons. The van der Waals surface area contributed by atoms with Gasteiger partial charge in [-0.15, -0.1) is 0 Å². The molecule has 21 heavy (non-hydrogen) atoms. The van der Waals surface area contributed by atoms with Crippen LogP contribution in [0.15, 0.2) is 21.5 Å². The zero-order chi connectivity index (χ0) is 15.8. The average Bonchev–Trinajstić information content (AvgIpc) is 2.90. The van der Waals surface area contributed by atoms with Gasteiger partial charge in [-0.3, -0.25) is 0 Å². The van der Waals surface area contributed by atoms with Gasteiger partial charge in [0.25, 0.3) is 0 Å². The van der Waals surface area contributed by atoms with Crippen LogP contribution in [0.3, 0.4) is 0 Å². The highest BCUT2D eigenvalue weighted by Gasteiger charge is 2.34. The van der Waals surface area contributed by atoms with Gasteiger partial charge in [0.05, 0.1) is 16.6 Å². The van der Waals surface area contributed by atoms with Gasteiger partial charge in [0, 0.05) is 24.7 Å². The van der Waals surface area contributed by atoms with Crippen molar-refractivity contribution >= 4 is 31.9 Å². The molecule has 2 rings (SSSR count). The molecule has 1 unspecified atom stereocenters. The lowest BCUT2D eigenvalue weighted by molar-refractivity contribution is 0.0696. The Morgan fingerprint density at radius 2 is 2.14 bits per heavy atom. The summed E-state index contributed by atoms with van der Waals surface area (Å²) in [5.41, 5.74) is 0.521. The lowest BCUT2D eigenvalue weighted by Gasteiger charge is -2.18. The highest BCUT2D eigenvalue weighted by Crippen LogP contribution is 2.31. The second-order valence-electron chi connectivity index (χ2n) is 4.92. The van der Waals surface area contributed by atoms with Gasteiger partial charge < -0.3 is 9.84 Å². The first-order valence-electron chi connectivity index (χ1n) is 6.33. The molecule has 0 spiro atoms. The van der Waals surface area contributed by atoms with E-state index in [2.05, 4.69) is 15.9 Å². The molecule has 1 N–H and O–H groups in total. The zero-order valence-electron chi connectivity index (χ0n) is 11.7. The molecule has 0 bridgehead atoms. The Kier molecular flexibility index (Phi) is 4.72. The van der Waals surface area contributed by atoms with Crippen molar-refractivity contribution < 1.29 is 23.1 Å². The van der Waals surface area contributed by atoms with E-state index in [4.69, 9.17) is 9.84 Å². The molecule has 0 aromatic heterocycles. The largest absolute Gasteiger partial charge is 0.478 e. The van der Waals surface area contributed by atoms with E-state index >= 15 is 0 Å². The third kappa shape index (κ3) is 3.13. The molecule has 6 nitrogen and oxygen atoms in total. The van der Waals surface area contributed by atoms with E-state index in [0.717, 1.165) is 0 Å². The molecule has 116 valence electrons. The van der Waals surface area contributed by atoms with Crippen molar-refractivity contribution in [3.05, 3.63) is 27.7 Å². The summed E-state index contributed by atoms with van der Waals surface area (Å²) >= 11 is 3.25. The van der Waals surface area contributed by atoms with E-state index in [0.29, 0.717) is 23.0 Å². The van der Waals surface area contributed by atoms with Crippen LogP contribution in [-0.4, -0.2) is 50.1 Å². The number of sulfonamides is 1. The maximum atomic E-state index is 12.7. The molecule has 1 aromatic rings. The number of benzene rings is 1. The summed E-state index contributed by atoms with van der Waals surface area (Å²) in [4.78, 5) is 11.1. The number of aryl methyl sites for hydroxylation is 1. The van der Waals surface area contributed by atoms with Gasteiger partial charge in [-0.25, -0.2) is 13.2 Å². The van der Waals surface area contributed by atoms with Gasteiger partial charge in [-0.05, 0) is 47.0 Å². The quantitative estimate of drug-likeness (QED) is 0.865. The number of hydrogen-bond donors (Lipinski definition) is 1. The standard InChI is InChI=1S/C13H16BrNO5S/c1-8-5-9(13(16)17)6-11(12(8)14)21(18,19)15-4-3-10(7-15)20-2/h5-6,10H,3-4,7H2,1-2H3,(H,16,17). The smallest absolute Gasteiger partial charge is 0.335 e. The van der Waals surface area contributed by atoms with Crippen LogP contribution in [0.5, 0.6) is 0 Å². The fourth-order valence-corrected chi connectivity index (χ4v) is 4.79. The molecule has 8 heteroatoms. The predicted octanol–water partition coefficient (Wildman–Crippen LogP) is 1.87. The zero-order valence-corrected chi connectivity index (χ0v) is 14.1. The van der Waals surface area contributed by atoms with Crippen LogP contribution < -0.4 is 0 Å². The lowest BCUT2D eigenvalue weighted by atomic mass is 10.1. The summed E-state index contributed by atoms with van der Waals surface area (Å²) in [6, 6.07) is 2.63. The van der Waals surface area contributed by atoms with Gasteiger partial charge >= 0.3 is 5.97 Å². The second-order valence-corrected chi connectivity index (χ2v) is 7.62. The van der Waals surface area contributed by atoms with Gasteiger partial charge in [-0.2, -0.15) is 4.31 Å². The molecule has 1 atom stereocenters. The van der Waals surface area contributed by atoms with E-state index < -0.39 is 16.0 Å². The van der Waals surface area contributed by atoms with E-state index in [-0.39, 0.29) is 23.1 Å². The molecule has 1 fully saturated rings. The van der Waals surface area contributed by atoms with Gasteiger partial charge in [0.2, 0.25) is 10.0 Å². The van der Waals surface area contributed by atoms with Crippen molar-refractivity contribution in [1.29, 1.82) is 0 Å². The maximum Gasteiger partial charge on any atom is 0.335 e. The molecule has 0 aliphatic carbocycles. The molecule has 1 aromatic carbocycles. The van der Waals surface area contributed by atoms with Crippen LogP contribution in [0, 0.1) is 6.92 Å². The number of hydrogen-bond acceptors (Lipinski definition) is 4. The van der Waals surface area contributed by atoms with Crippen molar-refractivity contribution in [2.45, 2.75) is 24.3 Å². The first kappa shape index (κ1) is 16.4. The topological polar surface area (TPSA) is 83.9 Å². The highest BCUT2D eigenvalue weighted by atomic mass is 79.9. The number of nitrogens with zero attached hydrogens (tertiary/aromatic N) is 1. The van der Waals surface area contributed by atoms with Crippen LogP contribution in [0.2, 0.25) is 0 Å². The summed E-state index contributed by atoms with van der Waals surface area (Å²) in [6.45, 7) is 2.31. The minimum Gasteiger partial charge on any atom is -0.478 e. The Morgan fingerprint density at radius 3 is 2.67 bits per heavy atom. The fourth-order valence-electron chi connectivity index (χ4n) is 2.30. The Bertz CT molecular complexity index is 673. The Morgan fingerprint density at radius 1 is 1.48 bits per heavy atom. The van der Waals surface area contributed by atoms with Crippen LogP contribution >= 0.6 is 15.9 Å². The summed E-state index contributed by atoms with van der Waals surface area (Å²) in [5.74, 6) is -1.15. The molecule has 0 amide bonds. The molecule has 1 aliphatic rings. The molecule has 0 saturated carbocycles. The number of carboxylic acids is 1. The first-order valence-corrected chi connectivity index (χ1v) is 8.57.